The van der Waals surface area contributed by atoms with Gasteiger partial charge in [0.05, 0.1) is 0 Å². The van der Waals surface area contributed by atoms with Crippen LogP contribution in [0, 0.1) is 5.82 Å². The third-order valence-electron chi connectivity index (χ3n) is 3.29. The summed E-state index contributed by atoms with van der Waals surface area (Å²) >= 11 is 0. The van der Waals surface area contributed by atoms with Crippen molar-refractivity contribution in [2.75, 3.05) is 11.9 Å². The van der Waals surface area contributed by atoms with E-state index in [-0.39, 0.29) is 11.9 Å². The minimum atomic E-state index is -0.181. The fourth-order valence-corrected chi connectivity index (χ4v) is 2.37. The molecule has 0 heterocycles. The van der Waals surface area contributed by atoms with E-state index in [1.807, 2.05) is 38.2 Å². The van der Waals surface area contributed by atoms with E-state index < -0.39 is 0 Å². The third-order valence-corrected chi connectivity index (χ3v) is 3.29. The summed E-state index contributed by atoms with van der Waals surface area (Å²) in [5.74, 6) is -0.181. The molecule has 2 N–H and O–H groups in total. The first-order valence-electron chi connectivity index (χ1n) is 6.86. The van der Waals surface area contributed by atoms with E-state index in [0.29, 0.717) is 12.0 Å². The fraction of sp³-hybridized carbons (Fsp3) is 0.294. The van der Waals surface area contributed by atoms with E-state index in [9.17, 15) is 4.39 Å². The van der Waals surface area contributed by atoms with Gasteiger partial charge in [-0.1, -0.05) is 36.4 Å². The van der Waals surface area contributed by atoms with Crippen LogP contribution < -0.4 is 10.6 Å². The minimum Gasteiger partial charge on any atom is -0.370 e. The van der Waals surface area contributed by atoms with Crippen LogP contribution in [-0.4, -0.2) is 13.1 Å². The average Bonchev–Trinajstić information content (AvgIpc) is 2.41. The van der Waals surface area contributed by atoms with Gasteiger partial charge in [0, 0.05) is 30.9 Å². The Morgan fingerprint density at radius 3 is 2.45 bits per heavy atom. The Hall–Kier alpha value is -1.87. The summed E-state index contributed by atoms with van der Waals surface area (Å²) in [5, 5.41) is 0. The van der Waals surface area contributed by atoms with Crippen LogP contribution in [0.2, 0.25) is 0 Å². The molecule has 0 radical (unpaired) electrons. The quantitative estimate of drug-likeness (QED) is 0.904. The molecule has 3 heteroatoms. The van der Waals surface area contributed by atoms with Gasteiger partial charge in [0.15, 0.2) is 0 Å². The largest absolute Gasteiger partial charge is 0.370 e. The molecule has 0 aliphatic rings. The van der Waals surface area contributed by atoms with Crippen molar-refractivity contribution in [1.82, 2.24) is 0 Å². The molecule has 2 nitrogen and oxygen atoms in total. The van der Waals surface area contributed by atoms with Gasteiger partial charge in [-0.25, -0.2) is 4.39 Å². The molecule has 2 rings (SSSR count). The monoisotopic (exact) mass is 272 g/mol. The summed E-state index contributed by atoms with van der Waals surface area (Å²) in [6, 6.07) is 15.3. The Morgan fingerprint density at radius 2 is 1.80 bits per heavy atom. The maximum absolute atomic E-state index is 14.0. The fourth-order valence-electron chi connectivity index (χ4n) is 2.37. The van der Waals surface area contributed by atoms with E-state index in [1.54, 1.807) is 6.07 Å². The van der Waals surface area contributed by atoms with Gasteiger partial charge in [0.1, 0.15) is 5.82 Å². The molecular formula is C17H21FN2. The van der Waals surface area contributed by atoms with Crippen molar-refractivity contribution in [3.05, 3.63) is 65.5 Å². The Balaban J connectivity index is 2.25. The van der Waals surface area contributed by atoms with Crippen molar-refractivity contribution in [1.29, 1.82) is 0 Å². The van der Waals surface area contributed by atoms with E-state index in [0.717, 1.165) is 12.2 Å². The lowest BCUT2D eigenvalue weighted by molar-refractivity contribution is 0.595. The molecule has 0 saturated carbocycles. The zero-order valence-electron chi connectivity index (χ0n) is 12.0. The number of hydrogen-bond donors (Lipinski definition) is 1. The van der Waals surface area contributed by atoms with Gasteiger partial charge in [-0.2, -0.15) is 0 Å². The Morgan fingerprint density at radius 1 is 1.10 bits per heavy atom. The lowest BCUT2D eigenvalue weighted by Gasteiger charge is -2.23. The van der Waals surface area contributed by atoms with Gasteiger partial charge >= 0.3 is 0 Å². The second-order valence-corrected chi connectivity index (χ2v) is 5.26. The van der Waals surface area contributed by atoms with Crippen molar-refractivity contribution in [2.24, 2.45) is 5.73 Å². The van der Waals surface area contributed by atoms with Crippen LogP contribution in [0.15, 0.2) is 48.5 Å². The standard InChI is InChI=1S/C17H21FN2/c1-13(19)11-15-16(18)9-6-10-17(15)20(2)12-14-7-4-3-5-8-14/h3-10,13H,11-12,19H2,1-2H3. The lowest BCUT2D eigenvalue weighted by atomic mass is 10.0. The van der Waals surface area contributed by atoms with Gasteiger partial charge in [0.25, 0.3) is 0 Å². The van der Waals surface area contributed by atoms with Gasteiger partial charge in [0.2, 0.25) is 0 Å². The molecule has 0 aromatic heterocycles. The van der Waals surface area contributed by atoms with Crippen LogP contribution in [0.3, 0.4) is 0 Å². The molecule has 2 aromatic rings. The maximum atomic E-state index is 14.0. The molecular weight excluding hydrogens is 251 g/mol. The van der Waals surface area contributed by atoms with E-state index >= 15 is 0 Å². The highest BCUT2D eigenvalue weighted by Gasteiger charge is 2.13. The topological polar surface area (TPSA) is 29.3 Å². The second-order valence-electron chi connectivity index (χ2n) is 5.26. The zero-order chi connectivity index (χ0) is 14.5. The molecule has 2 aromatic carbocycles. The van der Waals surface area contributed by atoms with E-state index in [1.165, 1.54) is 11.6 Å². The number of nitrogens with two attached hydrogens (primary N) is 1. The van der Waals surface area contributed by atoms with Gasteiger partial charge in [-0.15, -0.1) is 0 Å². The number of halogens is 1. The second kappa shape index (κ2) is 6.53. The molecule has 0 spiro atoms. The highest BCUT2D eigenvalue weighted by molar-refractivity contribution is 5.54. The number of nitrogens with zero attached hydrogens (tertiary/aromatic N) is 1. The number of benzene rings is 2. The number of hydrogen-bond acceptors (Lipinski definition) is 2. The summed E-state index contributed by atoms with van der Waals surface area (Å²) < 4.78 is 14.0. The number of rotatable bonds is 5. The van der Waals surface area contributed by atoms with Crippen molar-refractivity contribution >= 4 is 5.69 Å². The van der Waals surface area contributed by atoms with Crippen LogP contribution in [0.1, 0.15) is 18.1 Å². The molecule has 0 aliphatic carbocycles. The molecule has 0 fully saturated rings. The first-order chi connectivity index (χ1) is 9.58. The van der Waals surface area contributed by atoms with Crippen LogP contribution in [0.5, 0.6) is 0 Å². The number of anilines is 1. The first-order valence-corrected chi connectivity index (χ1v) is 6.86. The molecule has 0 saturated heterocycles. The first kappa shape index (κ1) is 14.5. The van der Waals surface area contributed by atoms with Crippen LogP contribution >= 0.6 is 0 Å². The Labute approximate surface area is 120 Å². The highest BCUT2D eigenvalue weighted by atomic mass is 19.1. The van der Waals surface area contributed by atoms with Crippen molar-refractivity contribution < 1.29 is 4.39 Å². The summed E-state index contributed by atoms with van der Waals surface area (Å²) in [6.45, 7) is 2.64. The van der Waals surface area contributed by atoms with E-state index in [4.69, 9.17) is 5.73 Å². The van der Waals surface area contributed by atoms with Crippen molar-refractivity contribution in [3.8, 4) is 0 Å². The molecule has 0 amide bonds. The van der Waals surface area contributed by atoms with Crippen molar-refractivity contribution in [2.45, 2.75) is 25.9 Å². The van der Waals surface area contributed by atoms with E-state index in [2.05, 4.69) is 17.0 Å². The summed E-state index contributed by atoms with van der Waals surface area (Å²) in [4.78, 5) is 2.07. The Bertz CT molecular complexity index is 552. The third kappa shape index (κ3) is 3.58. The average molecular weight is 272 g/mol. The lowest BCUT2D eigenvalue weighted by Crippen LogP contribution is -2.23. The van der Waals surface area contributed by atoms with Crippen LogP contribution in [0.25, 0.3) is 0 Å². The summed E-state index contributed by atoms with van der Waals surface area (Å²) in [5.41, 5.74) is 8.63. The molecule has 0 aliphatic heterocycles. The Kier molecular flexibility index (Phi) is 4.74. The van der Waals surface area contributed by atoms with Crippen LogP contribution in [0.4, 0.5) is 10.1 Å². The summed E-state index contributed by atoms with van der Waals surface area (Å²) in [6.07, 6.45) is 0.543. The molecule has 1 unspecified atom stereocenters. The minimum absolute atomic E-state index is 0.0595. The molecule has 1 atom stereocenters. The SMILES string of the molecule is CC(N)Cc1c(F)cccc1N(C)Cc1ccccc1. The predicted molar refractivity (Wildman–Crippen MR) is 82.3 cm³/mol. The highest BCUT2D eigenvalue weighted by Crippen LogP contribution is 2.25. The van der Waals surface area contributed by atoms with Gasteiger partial charge < -0.3 is 10.6 Å². The summed E-state index contributed by atoms with van der Waals surface area (Å²) in [7, 11) is 1.98. The van der Waals surface area contributed by atoms with Crippen LogP contribution in [-0.2, 0) is 13.0 Å². The predicted octanol–water partition coefficient (Wildman–Crippen LogP) is 3.35. The molecule has 106 valence electrons. The normalized spacial score (nSPS) is 12.2. The zero-order valence-corrected chi connectivity index (χ0v) is 12.0. The molecule has 0 bridgehead atoms. The van der Waals surface area contributed by atoms with Gasteiger partial charge in [-0.3, -0.25) is 0 Å². The van der Waals surface area contributed by atoms with Crippen molar-refractivity contribution in [3.63, 3.8) is 0 Å². The van der Waals surface area contributed by atoms with Gasteiger partial charge in [-0.05, 0) is 31.0 Å². The maximum Gasteiger partial charge on any atom is 0.128 e. The molecule has 20 heavy (non-hydrogen) atoms. The smallest absolute Gasteiger partial charge is 0.128 e.